The summed E-state index contributed by atoms with van der Waals surface area (Å²) in [5.41, 5.74) is 0.696. The molecule has 0 aliphatic carbocycles. The van der Waals surface area contributed by atoms with Crippen molar-refractivity contribution in [2.75, 3.05) is 31.9 Å². The highest BCUT2D eigenvalue weighted by Crippen LogP contribution is 2.21. The first-order valence-corrected chi connectivity index (χ1v) is 12.3. The van der Waals surface area contributed by atoms with Gasteiger partial charge in [-0.05, 0) is 36.6 Å². The summed E-state index contributed by atoms with van der Waals surface area (Å²) >= 11 is 0.958. The number of hydrogen-bond acceptors (Lipinski definition) is 6. The molecule has 162 valence electrons. The number of thioether (sulfide) groups is 1. The third kappa shape index (κ3) is 5.71. The number of nitrogens with zero attached hydrogens (tertiary/aromatic N) is 2. The van der Waals surface area contributed by atoms with Crippen LogP contribution in [0.5, 0.6) is 0 Å². The highest BCUT2D eigenvalue weighted by molar-refractivity contribution is 8.14. The SMILES string of the molecule is O=C(/C=C/c1ccc(S(=O)(=O)N2CCCCCC2)cc1)NCCN1C(=O)CSC1=O. The molecule has 2 saturated heterocycles. The summed E-state index contributed by atoms with van der Waals surface area (Å²) in [6, 6.07) is 6.43. The highest BCUT2D eigenvalue weighted by atomic mass is 32.2. The first-order chi connectivity index (χ1) is 14.4. The van der Waals surface area contributed by atoms with Crippen molar-refractivity contribution in [3.8, 4) is 0 Å². The fraction of sp³-hybridized carbons (Fsp3) is 0.450. The predicted molar refractivity (Wildman–Crippen MR) is 115 cm³/mol. The van der Waals surface area contributed by atoms with E-state index in [1.807, 2.05) is 0 Å². The van der Waals surface area contributed by atoms with Crippen molar-refractivity contribution in [2.45, 2.75) is 30.6 Å². The Morgan fingerprint density at radius 1 is 1.07 bits per heavy atom. The lowest BCUT2D eigenvalue weighted by Gasteiger charge is -2.19. The van der Waals surface area contributed by atoms with Crippen molar-refractivity contribution in [3.63, 3.8) is 0 Å². The zero-order valence-electron chi connectivity index (χ0n) is 16.6. The molecule has 2 aliphatic rings. The summed E-state index contributed by atoms with van der Waals surface area (Å²) in [5.74, 6) is -0.455. The van der Waals surface area contributed by atoms with Gasteiger partial charge < -0.3 is 5.32 Å². The summed E-state index contributed by atoms with van der Waals surface area (Å²) in [6.45, 7) is 1.43. The van der Waals surface area contributed by atoms with Gasteiger partial charge >= 0.3 is 0 Å². The van der Waals surface area contributed by atoms with Crippen LogP contribution in [-0.2, 0) is 19.6 Å². The first kappa shape index (κ1) is 22.5. The minimum absolute atomic E-state index is 0.146. The smallest absolute Gasteiger partial charge is 0.288 e. The Bertz CT molecular complexity index is 904. The van der Waals surface area contributed by atoms with E-state index >= 15 is 0 Å². The fourth-order valence-electron chi connectivity index (χ4n) is 3.30. The lowest BCUT2D eigenvalue weighted by atomic mass is 10.2. The second kappa shape index (κ2) is 10.2. The normalized spacial score (nSPS) is 18.7. The molecule has 30 heavy (non-hydrogen) atoms. The first-order valence-electron chi connectivity index (χ1n) is 9.91. The van der Waals surface area contributed by atoms with Gasteiger partial charge in [-0.2, -0.15) is 4.31 Å². The van der Waals surface area contributed by atoms with Crippen LogP contribution in [0.15, 0.2) is 35.2 Å². The molecule has 1 N–H and O–H groups in total. The number of sulfonamides is 1. The molecule has 3 rings (SSSR count). The molecule has 1 aromatic carbocycles. The minimum Gasteiger partial charge on any atom is -0.351 e. The van der Waals surface area contributed by atoms with Gasteiger partial charge in [-0.3, -0.25) is 19.3 Å². The van der Waals surface area contributed by atoms with E-state index < -0.39 is 10.0 Å². The van der Waals surface area contributed by atoms with E-state index in [4.69, 9.17) is 0 Å². The van der Waals surface area contributed by atoms with Crippen LogP contribution < -0.4 is 5.32 Å². The van der Waals surface area contributed by atoms with Crippen molar-refractivity contribution >= 4 is 44.9 Å². The Morgan fingerprint density at radius 3 is 2.33 bits per heavy atom. The maximum absolute atomic E-state index is 12.8. The average Bonchev–Trinajstić information content (AvgIpc) is 2.94. The molecule has 3 amide bonds. The molecule has 10 heteroatoms. The molecule has 2 fully saturated rings. The monoisotopic (exact) mass is 451 g/mol. The van der Waals surface area contributed by atoms with Crippen molar-refractivity contribution in [2.24, 2.45) is 0 Å². The van der Waals surface area contributed by atoms with Gasteiger partial charge in [0, 0.05) is 32.3 Å². The maximum Gasteiger partial charge on any atom is 0.288 e. The van der Waals surface area contributed by atoms with Gasteiger partial charge in [0.1, 0.15) is 0 Å². The fourth-order valence-corrected chi connectivity index (χ4v) is 5.57. The summed E-state index contributed by atoms with van der Waals surface area (Å²) < 4.78 is 27.1. The van der Waals surface area contributed by atoms with Crippen LogP contribution in [0.3, 0.4) is 0 Å². The quantitative estimate of drug-likeness (QED) is 0.637. The summed E-state index contributed by atoms with van der Waals surface area (Å²) in [5, 5.41) is 2.33. The third-order valence-corrected chi connectivity index (χ3v) is 7.76. The molecule has 0 aromatic heterocycles. The molecule has 0 unspecified atom stereocenters. The van der Waals surface area contributed by atoms with E-state index in [1.165, 1.54) is 6.08 Å². The van der Waals surface area contributed by atoms with Crippen LogP contribution in [-0.4, -0.2) is 66.6 Å². The molecule has 1 aromatic rings. The Balaban J connectivity index is 1.52. The Labute approximate surface area is 180 Å². The maximum atomic E-state index is 12.8. The zero-order valence-corrected chi connectivity index (χ0v) is 18.2. The van der Waals surface area contributed by atoms with Crippen LogP contribution in [0.25, 0.3) is 6.08 Å². The number of rotatable bonds is 7. The van der Waals surface area contributed by atoms with Crippen LogP contribution in [0.2, 0.25) is 0 Å². The Hall–Kier alpha value is -2.17. The molecule has 0 bridgehead atoms. The molecule has 0 atom stereocenters. The Kier molecular flexibility index (Phi) is 7.68. The molecule has 8 nitrogen and oxygen atoms in total. The van der Waals surface area contributed by atoms with Crippen LogP contribution in [0.4, 0.5) is 4.79 Å². The number of nitrogens with one attached hydrogen (secondary N) is 1. The number of imide groups is 1. The molecular weight excluding hydrogens is 426 g/mol. The van der Waals surface area contributed by atoms with E-state index in [0.29, 0.717) is 18.7 Å². The molecule has 0 spiro atoms. The number of carbonyl (C=O) groups excluding carboxylic acids is 3. The largest absolute Gasteiger partial charge is 0.351 e. The van der Waals surface area contributed by atoms with Gasteiger partial charge in [0.2, 0.25) is 21.8 Å². The predicted octanol–water partition coefficient (Wildman–Crippen LogP) is 2.08. The van der Waals surface area contributed by atoms with Crippen LogP contribution in [0.1, 0.15) is 31.2 Å². The van der Waals surface area contributed by atoms with Crippen molar-refractivity contribution in [3.05, 3.63) is 35.9 Å². The number of amides is 3. The molecular formula is C20H25N3O5S2. The van der Waals surface area contributed by atoms with E-state index in [0.717, 1.165) is 42.3 Å². The molecule has 2 heterocycles. The number of benzene rings is 1. The van der Waals surface area contributed by atoms with E-state index in [9.17, 15) is 22.8 Å². The standard InChI is InChI=1S/C20H25N3O5S2/c24-18(21-11-14-23-19(25)15-29-20(23)26)10-7-16-5-8-17(9-6-16)30(27,28)22-12-3-1-2-4-13-22/h5-10H,1-4,11-15H2,(H,21,24)/b10-7+. The van der Waals surface area contributed by atoms with Gasteiger partial charge in [0.15, 0.2) is 0 Å². The zero-order chi connectivity index (χ0) is 21.6. The second-order valence-corrected chi connectivity index (χ2v) is 9.98. The average molecular weight is 452 g/mol. The topological polar surface area (TPSA) is 104 Å². The van der Waals surface area contributed by atoms with Crippen molar-refractivity contribution < 1.29 is 22.8 Å². The minimum atomic E-state index is -3.49. The molecule has 0 saturated carbocycles. The molecule has 0 radical (unpaired) electrons. The van der Waals surface area contributed by atoms with E-state index in [2.05, 4.69) is 5.32 Å². The van der Waals surface area contributed by atoms with E-state index in [1.54, 1.807) is 34.6 Å². The van der Waals surface area contributed by atoms with Gasteiger partial charge in [-0.25, -0.2) is 8.42 Å². The second-order valence-electron chi connectivity index (χ2n) is 7.11. The molecule has 2 aliphatic heterocycles. The summed E-state index contributed by atoms with van der Waals surface area (Å²) in [4.78, 5) is 36.3. The van der Waals surface area contributed by atoms with Gasteiger partial charge in [0.05, 0.1) is 10.6 Å². The van der Waals surface area contributed by atoms with Gasteiger partial charge in [0.25, 0.3) is 5.24 Å². The summed E-state index contributed by atoms with van der Waals surface area (Å²) in [7, 11) is -3.49. The van der Waals surface area contributed by atoms with Crippen molar-refractivity contribution in [1.29, 1.82) is 0 Å². The third-order valence-electron chi connectivity index (χ3n) is 4.99. The lowest BCUT2D eigenvalue weighted by Crippen LogP contribution is -2.37. The van der Waals surface area contributed by atoms with Crippen molar-refractivity contribution in [1.82, 2.24) is 14.5 Å². The van der Waals surface area contributed by atoms with Gasteiger partial charge in [-0.15, -0.1) is 0 Å². The Morgan fingerprint density at radius 2 is 1.73 bits per heavy atom. The summed E-state index contributed by atoms with van der Waals surface area (Å²) in [6.07, 6.45) is 6.80. The number of carbonyl (C=O) groups is 3. The number of hydrogen-bond donors (Lipinski definition) is 1. The van der Waals surface area contributed by atoms with Gasteiger partial charge in [-0.1, -0.05) is 36.7 Å². The lowest BCUT2D eigenvalue weighted by molar-refractivity contribution is -0.125. The van der Waals surface area contributed by atoms with E-state index in [-0.39, 0.29) is 40.8 Å². The van der Waals surface area contributed by atoms with Crippen LogP contribution >= 0.6 is 11.8 Å². The van der Waals surface area contributed by atoms with Crippen LogP contribution in [0, 0.1) is 0 Å². The highest BCUT2D eigenvalue weighted by Gasteiger charge is 2.29.